The summed E-state index contributed by atoms with van der Waals surface area (Å²) in [7, 11) is 0. The molecule has 0 saturated carbocycles. The molecule has 0 bridgehead atoms. The van der Waals surface area contributed by atoms with Crippen molar-refractivity contribution >= 4 is 27.3 Å². The van der Waals surface area contributed by atoms with Gasteiger partial charge in [0.25, 0.3) is 0 Å². The van der Waals surface area contributed by atoms with Gasteiger partial charge in [-0.1, -0.05) is 0 Å². The van der Waals surface area contributed by atoms with E-state index in [1.54, 1.807) is 23.7 Å². The van der Waals surface area contributed by atoms with Crippen LogP contribution in [0, 0.1) is 0 Å². The number of thiophene rings is 1. The first-order valence-electron chi connectivity index (χ1n) is 5.83. The molecule has 3 nitrogen and oxygen atoms in total. The Morgan fingerprint density at radius 1 is 1.28 bits per heavy atom. The number of halogens is 1. The molecule has 3 rings (SSSR count). The summed E-state index contributed by atoms with van der Waals surface area (Å²) in [6.07, 6.45) is 3.83. The molecule has 3 heterocycles. The second kappa shape index (κ2) is 5.38. The van der Waals surface area contributed by atoms with Crippen LogP contribution in [0.1, 0.15) is 4.88 Å². The van der Waals surface area contributed by atoms with E-state index in [9.17, 15) is 0 Å². The first kappa shape index (κ1) is 12.1. The average molecular weight is 325 g/mol. The topological polar surface area (TPSA) is 25.4 Å². The predicted molar refractivity (Wildman–Crippen MR) is 75.9 cm³/mol. The fourth-order valence-corrected chi connectivity index (χ4v) is 3.52. The summed E-state index contributed by atoms with van der Waals surface area (Å²) in [5.74, 6) is 0.911. The molecule has 0 spiro atoms. The van der Waals surface area contributed by atoms with Crippen LogP contribution in [0.3, 0.4) is 0 Å². The number of nitrogens with zero attached hydrogens (tertiary/aromatic N) is 2. The minimum Gasteiger partial charge on any atom is -0.488 e. The van der Waals surface area contributed by atoms with Gasteiger partial charge < -0.3 is 4.74 Å². The highest BCUT2D eigenvalue weighted by atomic mass is 79.9. The summed E-state index contributed by atoms with van der Waals surface area (Å²) in [5.41, 5.74) is 0. The first-order valence-corrected chi connectivity index (χ1v) is 7.44. The molecular weight excluding hydrogens is 312 g/mol. The largest absolute Gasteiger partial charge is 0.488 e. The van der Waals surface area contributed by atoms with Gasteiger partial charge >= 0.3 is 0 Å². The van der Waals surface area contributed by atoms with E-state index in [1.807, 2.05) is 12.1 Å². The number of pyridine rings is 1. The standard InChI is InChI=1S/C13H13BrN2OS/c14-13-2-1-12(18-13)9-16-7-11(8-16)17-10-3-5-15-6-4-10/h1-6,11H,7-9H2. The Balaban J connectivity index is 1.46. The first-order chi connectivity index (χ1) is 8.79. The quantitative estimate of drug-likeness (QED) is 0.863. The van der Waals surface area contributed by atoms with Crippen molar-refractivity contribution in [1.82, 2.24) is 9.88 Å². The molecule has 0 amide bonds. The Labute approximate surface area is 119 Å². The highest BCUT2D eigenvalue weighted by molar-refractivity contribution is 9.11. The van der Waals surface area contributed by atoms with Gasteiger partial charge in [-0.15, -0.1) is 11.3 Å². The number of hydrogen-bond donors (Lipinski definition) is 0. The molecule has 0 N–H and O–H groups in total. The van der Waals surface area contributed by atoms with E-state index in [1.165, 1.54) is 8.66 Å². The molecule has 0 atom stereocenters. The van der Waals surface area contributed by atoms with Gasteiger partial charge in [-0.25, -0.2) is 0 Å². The van der Waals surface area contributed by atoms with Gasteiger partial charge in [0.2, 0.25) is 0 Å². The van der Waals surface area contributed by atoms with Crippen LogP contribution in [-0.4, -0.2) is 29.1 Å². The van der Waals surface area contributed by atoms with Crippen LogP contribution in [-0.2, 0) is 6.54 Å². The zero-order chi connectivity index (χ0) is 12.4. The van der Waals surface area contributed by atoms with Gasteiger partial charge in [0.1, 0.15) is 11.9 Å². The molecular formula is C13H13BrN2OS. The highest BCUT2D eigenvalue weighted by Gasteiger charge is 2.28. The summed E-state index contributed by atoms with van der Waals surface area (Å²) >= 11 is 5.28. The molecule has 18 heavy (non-hydrogen) atoms. The van der Waals surface area contributed by atoms with Gasteiger partial charge in [-0.2, -0.15) is 0 Å². The van der Waals surface area contributed by atoms with E-state index < -0.39 is 0 Å². The van der Waals surface area contributed by atoms with Gasteiger partial charge in [0, 0.05) is 36.9 Å². The smallest absolute Gasteiger partial charge is 0.124 e. The van der Waals surface area contributed by atoms with Crippen LogP contribution in [0.5, 0.6) is 5.75 Å². The maximum atomic E-state index is 5.84. The lowest BCUT2D eigenvalue weighted by Crippen LogP contribution is -2.52. The zero-order valence-electron chi connectivity index (χ0n) is 9.75. The van der Waals surface area contributed by atoms with Crippen LogP contribution in [0.15, 0.2) is 40.4 Å². The van der Waals surface area contributed by atoms with Crippen LogP contribution < -0.4 is 4.74 Å². The summed E-state index contributed by atoms with van der Waals surface area (Å²) in [5, 5.41) is 0. The van der Waals surface area contributed by atoms with Gasteiger partial charge in [-0.3, -0.25) is 9.88 Å². The van der Waals surface area contributed by atoms with E-state index in [0.717, 1.165) is 25.4 Å². The lowest BCUT2D eigenvalue weighted by molar-refractivity contribution is 0.0151. The van der Waals surface area contributed by atoms with Crippen molar-refractivity contribution in [1.29, 1.82) is 0 Å². The Morgan fingerprint density at radius 2 is 2.06 bits per heavy atom. The van der Waals surface area contributed by atoms with E-state index in [4.69, 9.17) is 4.74 Å². The van der Waals surface area contributed by atoms with E-state index in [-0.39, 0.29) is 0 Å². The van der Waals surface area contributed by atoms with E-state index in [0.29, 0.717) is 6.10 Å². The zero-order valence-corrected chi connectivity index (χ0v) is 12.2. The second-order valence-corrected chi connectivity index (χ2v) is 6.87. The van der Waals surface area contributed by atoms with Gasteiger partial charge in [0.15, 0.2) is 0 Å². The monoisotopic (exact) mass is 324 g/mol. The number of ether oxygens (including phenoxy) is 1. The fourth-order valence-electron chi connectivity index (χ4n) is 1.99. The molecule has 5 heteroatoms. The van der Waals surface area contributed by atoms with E-state index in [2.05, 4.69) is 37.9 Å². The third-order valence-electron chi connectivity index (χ3n) is 2.88. The maximum Gasteiger partial charge on any atom is 0.124 e. The Morgan fingerprint density at radius 3 is 2.72 bits per heavy atom. The molecule has 2 aromatic heterocycles. The van der Waals surface area contributed by atoms with Gasteiger partial charge in [0.05, 0.1) is 3.79 Å². The summed E-state index contributed by atoms with van der Waals surface area (Å²) in [4.78, 5) is 7.76. The average Bonchev–Trinajstić information content (AvgIpc) is 2.73. The molecule has 94 valence electrons. The third-order valence-corrected chi connectivity index (χ3v) is 4.49. The van der Waals surface area contributed by atoms with Crippen molar-refractivity contribution in [3.05, 3.63) is 45.3 Å². The summed E-state index contributed by atoms with van der Waals surface area (Å²) in [6, 6.07) is 8.08. The lowest BCUT2D eigenvalue weighted by atomic mass is 10.1. The van der Waals surface area contributed by atoms with Crippen LogP contribution >= 0.6 is 27.3 Å². The van der Waals surface area contributed by atoms with Crippen molar-refractivity contribution in [3.8, 4) is 5.75 Å². The highest BCUT2D eigenvalue weighted by Crippen LogP contribution is 2.25. The normalized spacial score (nSPS) is 16.5. The molecule has 0 aromatic carbocycles. The van der Waals surface area contributed by atoms with Crippen molar-refractivity contribution in [2.75, 3.05) is 13.1 Å². The molecule has 0 aliphatic carbocycles. The SMILES string of the molecule is Brc1ccc(CN2CC(Oc3ccncc3)C2)s1. The van der Waals surface area contributed by atoms with Crippen molar-refractivity contribution in [2.45, 2.75) is 12.6 Å². The molecule has 1 fully saturated rings. The number of rotatable bonds is 4. The number of likely N-dealkylation sites (tertiary alicyclic amines) is 1. The fraction of sp³-hybridized carbons (Fsp3) is 0.308. The maximum absolute atomic E-state index is 5.84. The summed E-state index contributed by atoms with van der Waals surface area (Å²) in [6.45, 7) is 3.02. The lowest BCUT2D eigenvalue weighted by Gasteiger charge is -2.38. The predicted octanol–water partition coefficient (Wildman–Crippen LogP) is 3.17. The van der Waals surface area contributed by atoms with Crippen molar-refractivity contribution < 1.29 is 4.74 Å². The van der Waals surface area contributed by atoms with E-state index >= 15 is 0 Å². The molecule has 0 unspecified atom stereocenters. The minimum atomic E-state index is 0.316. The number of aromatic nitrogens is 1. The Bertz CT molecular complexity index is 511. The molecule has 2 aromatic rings. The van der Waals surface area contributed by atoms with Crippen LogP contribution in [0.25, 0.3) is 0 Å². The van der Waals surface area contributed by atoms with Crippen molar-refractivity contribution in [2.24, 2.45) is 0 Å². The molecule has 1 aliphatic heterocycles. The minimum absolute atomic E-state index is 0.316. The second-order valence-electron chi connectivity index (χ2n) is 4.32. The molecule has 1 aliphatic rings. The summed E-state index contributed by atoms with van der Waals surface area (Å²) < 4.78 is 7.03. The van der Waals surface area contributed by atoms with Gasteiger partial charge in [-0.05, 0) is 40.2 Å². The number of hydrogen-bond acceptors (Lipinski definition) is 4. The Kier molecular flexibility index (Phi) is 3.63. The van der Waals surface area contributed by atoms with Crippen LogP contribution in [0.4, 0.5) is 0 Å². The Hall–Kier alpha value is -0.910. The molecule has 0 radical (unpaired) electrons. The third kappa shape index (κ3) is 2.91. The van der Waals surface area contributed by atoms with Crippen molar-refractivity contribution in [3.63, 3.8) is 0 Å². The van der Waals surface area contributed by atoms with Crippen LogP contribution in [0.2, 0.25) is 0 Å². The molecule has 1 saturated heterocycles.